The Morgan fingerprint density at radius 3 is 2.47 bits per heavy atom. The van der Waals surface area contributed by atoms with Gasteiger partial charge < -0.3 is 9.47 Å². The molecule has 0 spiro atoms. The van der Waals surface area contributed by atoms with E-state index in [-0.39, 0.29) is 11.6 Å². The van der Waals surface area contributed by atoms with Gasteiger partial charge in [0.1, 0.15) is 11.3 Å². The van der Waals surface area contributed by atoms with Crippen LogP contribution in [0.25, 0.3) is 33.5 Å². The molecular weight excluding hydrogens is 456 g/mol. The van der Waals surface area contributed by atoms with E-state index in [9.17, 15) is 9.59 Å². The van der Waals surface area contributed by atoms with Crippen LogP contribution < -0.4 is 5.56 Å². The van der Waals surface area contributed by atoms with Gasteiger partial charge in [0.15, 0.2) is 0 Å². The molecule has 1 aliphatic carbocycles. The van der Waals surface area contributed by atoms with Crippen molar-refractivity contribution < 1.29 is 4.79 Å². The number of benzene rings is 2. The molecule has 0 bridgehead atoms. The van der Waals surface area contributed by atoms with E-state index in [1.807, 2.05) is 28.8 Å². The third-order valence-electron chi connectivity index (χ3n) is 6.48. The van der Waals surface area contributed by atoms with Gasteiger partial charge in [0, 0.05) is 38.3 Å². The molecule has 6 rings (SSSR count). The van der Waals surface area contributed by atoms with Crippen LogP contribution in [-0.4, -0.2) is 59.8 Å². The highest BCUT2D eigenvalue weighted by Crippen LogP contribution is 2.40. The molecular formula is C26H24N8O2. The van der Waals surface area contributed by atoms with Gasteiger partial charge in [-0.15, -0.1) is 10.2 Å². The van der Waals surface area contributed by atoms with Gasteiger partial charge >= 0.3 is 6.03 Å². The molecule has 5 aromatic rings. The van der Waals surface area contributed by atoms with E-state index in [2.05, 4.69) is 44.9 Å². The first-order valence-corrected chi connectivity index (χ1v) is 11.8. The summed E-state index contributed by atoms with van der Waals surface area (Å²) in [6.45, 7) is 0.491. The predicted molar refractivity (Wildman–Crippen MR) is 135 cm³/mol. The number of hydrogen-bond donors (Lipinski definition) is 1. The van der Waals surface area contributed by atoms with Crippen molar-refractivity contribution in [3.05, 3.63) is 82.5 Å². The molecule has 180 valence electrons. The number of fused-ring (bicyclic) bond motifs is 1. The molecule has 3 aromatic heterocycles. The summed E-state index contributed by atoms with van der Waals surface area (Å²) < 4.78 is 3.13. The SMILES string of the molecule is CN(C)C(=O)n1ccc2nc(C3CC3)n(Cc3ccc(-c4ccccc4-c4nn[nH]n4)cc3)c2c1=O. The standard InChI is InChI=1S/C26H24N8O2/c1-32(2)26(36)33-14-13-21-22(25(33)35)34(24(27-21)18-11-12-18)15-16-7-9-17(10-8-16)19-5-3-4-6-20(19)23-28-30-31-29-23/h3-10,13-14,18H,11-12,15H2,1-2H3,(H,28,29,30,31). The van der Waals surface area contributed by atoms with Crippen molar-refractivity contribution in [1.82, 2.24) is 39.6 Å². The largest absolute Gasteiger partial charge is 0.330 e. The number of H-pyrrole nitrogens is 1. The summed E-state index contributed by atoms with van der Waals surface area (Å²) in [5.74, 6) is 1.79. The average Bonchev–Trinajstić information content (AvgIpc) is 3.45. The molecule has 10 heteroatoms. The average molecular weight is 481 g/mol. The number of carbonyl (C=O) groups excluding carboxylic acids is 1. The zero-order valence-corrected chi connectivity index (χ0v) is 19.9. The second-order valence-corrected chi connectivity index (χ2v) is 9.21. The summed E-state index contributed by atoms with van der Waals surface area (Å²) in [4.78, 5) is 32.1. The third kappa shape index (κ3) is 3.76. The number of rotatable bonds is 5. The number of aromatic nitrogens is 7. The zero-order valence-electron chi connectivity index (χ0n) is 19.9. The van der Waals surface area contributed by atoms with Crippen LogP contribution in [0.15, 0.2) is 65.6 Å². The van der Waals surface area contributed by atoms with Gasteiger partial charge in [-0.05, 0) is 40.8 Å². The van der Waals surface area contributed by atoms with Gasteiger partial charge in [0.25, 0.3) is 5.56 Å². The lowest BCUT2D eigenvalue weighted by molar-refractivity contribution is 0.218. The number of aromatic amines is 1. The number of carbonyl (C=O) groups is 1. The number of amides is 1. The van der Waals surface area contributed by atoms with Crippen LogP contribution in [-0.2, 0) is 6.54 Å². The van der Waals surface area contributed by atoms with Gasteiger partial charge in [-0.2, -0.15) is 5.21 Å². The lowest BCUT2D eigenvalue weighted by atomic mass is 9.98. The number of hydrogen-bond acceptors (Lipinski definition) is 6. The Hall–Kier alpha value is -4.60. The van der Waals surface area contributed by atoms with Crippen molar-refractivity contribution in [3.63, 3.8) is 0 Å². The molecule has 0 radical (unpaired) electrons. The van der Waals surface area contributed by atoms with Crippen LogP contribution in [0.2, 0.25) is 0 Å². The van der Waals surface area contributed by atoms with E-state index in [0.717, 1.165) is 45.5 Å². The Bertz CT molecular complexity index is 1630. The molecule has 1 saturated carbocycles. The minimum Gasteiger partial charge on any atom is -0.330 e. The Labute approximate surface area is 206 Å². The minimum absolute atomic E-state index is 0.343. The van der Waals surface area contributed by atoms with Gasteiger partial charge in [-0.25, -0.2) is 14.3 Å². The molecule has 0 saturated heterocycles. The molecule has 1 amide bonds. The van der Waals surface area contributed by atoms with Crippen molar-refractivity contribution in [2.45, 2.75) is 25.3 Å². The summed E-state index contributed by atoms with van der Waals surface area (Å²) in [5, 5.41) is 14.4. The maximum atomic E-state index is 13.4. The number of nitrogens with one attached hydrogen (secondary N) is 1. The lowest BCUT2D eigenvalue weighted by Gasteiger charge is -2.13. The molecule has 1 aliphatic rings. The first-order valence-electron chi connectivity index (χ1n) is 11.8. The van der Waals surface area contributed by atoms with Gasteiger partial charge in [0.05, 0.1) is 5.52 Å². The maximum Gasteiger partial charge on any atom is 0.330 e. The fraction of sp³-hybridized carbons (Fsp3) is 0.231. The van der Waals surface area contributed by atoms with Crippen LogP contribution >= 0.6 is 0 Å². The monoisotopic (exact) mass is 480 g/mol. The highest BCUT2D eigenvalue weighted by atomic mass is 16.2. The van der Waals surface area contributed by atoms with Crippen molar-refractivity contribution in [3.8, 4) is 22.5 Å². The Kier molecular flexibility index (Phi) is 5.21. The summed E-state index contributed by atoms with van der Waals surface area (Å²) in [6.07, 6.45) is 3.62. The quantitative estimate of drug-likeness (QED) is 0.412. The van der Waals surface area contributed by atoms with Crippen LogP contribution in [0, 0.1) is 0 Å². The van der Waals surface area contributed by atoms with Crippen molar-refractivity contribution in [1.29, 1.82) is 0 Å². The third-order valence-corrected chi connectivity index (χ3v) is 6.48. The molecule has 1 fully saturated rings. The van der Waals surface area contributed by atoms with E-state index < -0.39 is 0 Å². The molecule has 10 nitrogen and oxygen atoms in total. The van der Waals surface area contributed by atoms with E-state index in [1.165, 1.54) is 11.1 Å². The predicted octanol–water partition coefficient (Wildman–Crippen LogP) is 3.50. The fourth-order valence-electron chi connectivity index (χ4n) is 4.52. The van der Waals surface area contributed by atoms with Crippen LogP contribution in [0.1, 0.15) is 30.1 Å². The highest BCUT2D eigenvalue weighted by Gasteiger charge is 2.31. The summed E-state index contributed by atoms with van der Waals surface area (Å²) in [6, 6.07) is 17.5. The number of tetrazole rings is 1. The molecule has 0 aliphatic heterocycles. The summed E-state index contributed by atoms with van der Waals surface area (Å²) >= 11 is 0. The minimum atomic E-state index is -0.382. The van der Waals surface area contributed by atoms with Crippen molar-refractivity contribution >= 4 is 17.1 Å². The maximum absolute atomic E-state index is 13.4. The fourth-order valence-corrected chi connectivity index (χ4v) is 4.52. The van der Waals surface area contributed by atoms with E-state index in [0.29, 0.717) is 29.3 Å². The van der Waals surface area contributed by atoms with Crippen molar-refractivity contribution in [2.24, 2.45) is 0 Å². The van der Waals surface area contributed by atoms with Crippen LogP contribution in [0.3, 0.4) is 0 Å². The zero-order chi connectivity index (χ0) is 24.8. The number of pyridine rings is 1. The molecule has 1 N–H and O–H groups in total. The number of imidazole rings is 1. The summed E-state index contributed by atoms with van der Waals surface area (Å²) in [5.41, 5.74) is 4.68. The molecule has 0 atom stereocenters. The lowest BCUT2D eigenvalue weighted by Crippen LogP contribution is -2.35. The van der Waals surface area contributed by atoms with E-state index >= 15 is 0 Å². The Morgan fingerprint density at radius 2 is 1.81 bits per heavy atom. The first-order chi connectivity index (χ1) is 17.5. The second-order valence-electron chi connectivity index (χ2n) is 9.21. The molecule has 0 unspecified atom stereocenters. The topological polar surface area (TPSA) is 115 Å². The highest BCUT2D eigenvalue weighted by molar-refractivity contribution is 5.82. The van der Waals surface area contributed by atoms with E-state index in [4.69, 9.17) is 4.98 Å². The molecule has 2 aromatic carbocycles. The van der Waals surface area contributed by atoms with E-state index in [1.54, 1.807) is 20.2 Å². The Morgan fingerprint density at radius 1 is 1.06 bits per heavy atom. The first kappa shape index (κ1) is 21.9. The Balaban J connectivity index is 1.39. The van der Waals surface area contributed by atoms with Crippen LogP contribution in [0.4, 0.5) is 4.79 Å². The molecule has 3 heterocycles. The smallest absolute Gasteiger partial charge is 0.330 e. The second kappa shape index (κ2) is 8.56. The van der Waals surface area contributed by atoms with Gasteiger partial charge in [0.2, 0.25) is 5.82 Å². The van der Waals surface area contributed by atoms with Gasteiger partial charge in [-0.3, -0.25) is 4.79 Å². The van der Waals surface area contributed by atoms with Gasteiger partial charge in [-0.1, -0.05) is 48.5 Å². The normalized spacial score (nSPS) is 13.3. The number of nitrogens with zero attached hydrogens (tertiary/aromatic N) is 7. The van der Waals surface area contributed by atoms with Crippen molar-refractivity contribution in [2.75, 3.05) is 14.1 Å². The summed E-state index contributed by atoms with van der Waals surface area (Å²) in [7, 11) is 3.26. The van der Waals surface area contributed by atoms with Crippen LogP contribution in [0.5, 0.6) is 0 Å². The molecule has 36 heavy (non-hydrogen) atoms.